The van der Waals surface area contributed by atoms with Crippen LogP contribution in [0.3, 0.4) is 0 Å². The van der Waals surface area contributed by atoms with Gasteiger partial charge in [-0.1, -0.05) is 48.9 Å². The lowest BCUT2D eigenvalue weighted by molar-refractivity contribution is -0.119. The molecule has 0 amide bonds. The first kappa shape index (κ1) is 24.7. The number of methoxy groups -OCH3 is 2. The number of carbonyl (C=O) groups is 2. The number of Topliss-reactive ketones (excluding diaryl/α,β-unsaturated/α-hetero) is 2. The lowest BCUT2D eigenvalue weighted by atomic mass is 9.72. The summed E-state index contributed by atoms with van der Waals surface area (Å²) >= 11 is 6.60. The quantitative estimate of drug-likeness (QED) is 0.521. The third-order valence-corrected chi connectivity index (χ3v) is 7.96. The molecule has 2 aliphatic heterocycles. The Kier molecular flexibility index (Phi) is 6.25. The SMILES string of the molecule is COc1cc(OC)c2c(c1Cl)O[C@]1(C2=O)C2=C(C[C@@](CCCCO)(c3ccccc3)O2)C(=O)C[C@H]1C. The number of aliphatic hydroxyl groups is 1. The maximum atomic E-state index is 14.2. The van der Waals surface area contributed by atoms with E-state index in [0.29, 0.717) is 37.0 Å². The minimum Gasteiger partial charge on any atom is -0.496 e. The molecule has 0 radical (unpaired) electrons. The van der Waals surface area contributed by atoms with Gasteiger partial charge >= 0.3 is 0 Å². The van der Waals surface area contributed by atoms with Crippen molar-refractivity contribution in [1.29, 1.82) is 0 Å². The Balaban J connectivity index is 1.65. The van der Waals surface area contributed by atoms with E-state index in [1.54, 1.807) is 6.07 Å². The molecule has 1 N–H and O–H groups in total. The summed E-state index contributed by atoms with van der Waals surface area (Å²) in [6.07, 6.45) is 2.33. The zero-order chi connectivity index (χ0) is 25.7. The highest BCUT2D eigenvalue weighted by Gasteiger charge is 2.65. The predicted octanol–water partition coefficient (Wildman–Crippen LogP) is 5.01. The molecule has 36 heavy (non-hydrogen) atoms. The van der Waals surface area contributed by atoms with Crippen LogP contribution in [-0.2, 0) is 15.1 Å². The molecule has 0 unspecified atom stereocenters. The first-order chi connectivity index (χ1) is 17.3. The van der Waals surface area contributed by atoms with Gasteiger partial charge in [-0.05, 0) is 24.8 Å². The number of hydrogen-bond acceptors (Lipinski definition) is 7. The highest BCUT2D eigenvalue weighted by Crippen LogP contribution is 2.59. The number of halogens is 1. The molecule has 0 fully saturated rings. The van der Waals surface area contributed by atoms with Crippen LogP contribution in [0.15, 0.2) is 47.7 Å². The molecule has 2 aromatic carbocycles. The van der Waals surface area contributed by atoms with E-state index in [1.807, 2.05) is 37.3 Å². The second kappa shape index (κ2) is 9.12. The molecule has 3 atom stereocenters. The maximum absolute atomic E-state index is 14.2. The number of benzene rings is 2. The van der Waals surface area contributed by atoms with Gasteiger partial charge in [0.05, 0.1) is 14.2 Å². The van der Waals surface area contributed by atoms with Gasteiger partial charge in [0.15, 0.2) is 17.3 Å². The minimum absolute atomic E-state index is 0.0499. The molecular weight excluding hydrogens is 484 g/mol. The number of ketones is 2. The highest BCUT2D eigenvalue weighted by molar-refractivity contribution is 6.35. The van der Waals surface area contributed by atoms with E-state index in [4.69, 9.17) is 30.5 Å². The average molecular weight is 513 g/mol. The molecule has 0 saturated carbocycles. The van der Waals surface area contributed by atoms with Gasteiger partial charge < -0.3 is 24.1 Å². The fourth-order valence-corrected chi connectivity index (χ4v) is 6.00. The van der Waals surface area contributed by atoms with Crippen LogP contribution < -0.4 is 14.2 Å². The molecule has 190 valence electrons. The lowest BCUT2D eigenvalue weighted by Crippen LogP contribution is -2.52. The van der Waals surface area contributed by atoms with Gasteiger partial charge in [-0.25, -0.2) is 0 Å². The summed E-state index contributed by atoms with van der Waals surface area (Å²) < 4.78 is 24.1. The molecule has 1 spiro atoms. The van der Waals surface area contributed by atoms with Crippen LogP contribution in [0.1, 0.15) is 54.9 Å². The van der Waals surface area contributed by atoms with Crippen molar-refractivity contribution in [2.45, 2.75) is 50.2 Å². The summed E-state index contributed by atoms with van der Waals surface area (Å²) in [6, 6.07) is 11.3. The monoisotopic (exact) mass is 512 g/mol. The van der Waals surface area contributed by atoms with Crippen molar-refractivity contribution in [2.75, 3.05) is 20.8 Å². The summed E-state index contributed by atoms with van der Waals surface area (Å²) in [6.45, 7) is 1.88. The summed E-state index contributed by atoms with van der Waals surface area (Å²) in [5.74, 6) is 0.149. The Morgan fingerprint density at radius 1 is 1.08 bits per heavy atom. The van der Waals surface area contributed by atoms with Crippen LogP contribution in [0.2, 0.25) is 5.02 Å². The molecule has 2 aromatic rings. The number of hydrogen-bond donors (Lipinski definition) is 1. The van der Waals surface area contributed by atoms with E-state index in [-0.39, 0.29) is 52.4 Å². The maximum Gasteiger partial charge on any atom is 0.231 e. The topological polar surface area (TPSA) is 91.3 Å². The van der Waals surface area contributed by atoms with E-state index in [1.165, 1.54) is 14.2 Å². The lowest BCUT2D eigenvalue weighted by Gasteiger charge is -2.38. The molecule has 7 nitrogen and oxygen atoms in total. The van der Waals surface area contributed by atoms with E-state index < -0.39 is 17.1 Å². The third kappa shape index (κ3) is 3.44. The zero-order valence-electron chi connectivity index (χ0n) is 20.6. The van der Waals surface area contributed by atoms with Crippen molar-refractivity contribution >= 4 is 23.2 Å². The number of fused-ring (bicyclic) bond motifs is 2. The Labute approximate surface area is 214 Å². The molecule has 8 heteroatoms. The van der Waals surface area contributed by atoms with Crippen LogP contribution in [0.4, 0.5) is 0 Å². The number of ether oxygens (including phenoxy) is 4. The van der Waals surface area contributed by atoms with Crippen LogP contribution in [0, 0.1) is 5.92 Å². The van der Waals surface area contributed by atoms with Crippen molar-refractivity contribution in [3.05, 3.63) is 63.9 Å². The van der Waals surface area contributed by atoms with Crippen molar-refractivity contribution < 1.29 is 33.6 Å². The van der Waals surface area contributed by atoms with E-state index in [9.17, 15) is 14.7 Å². The first-order valence-electron chi connectivity index (χ1n) is 12.1. The second-order valence-electron chi connectivity index (χ2n) is 9.62. The minimum atomic E-state index is -1.54. The summed E-state index contributed by atoms with van der Waals surface area (Å²) in [7, 11) is 2.94. The highest BCUT2D eigenvalue weighted by atomic mass is 35.5. The van der Waals surface area contributed by atoms with E-state index in [0.717, 1.165) is 5.56 Å². The molecule has 5 rings (SSSR count). The number of carbonyl (C=O) groups excluding carboxylic acids is 2. The predicted molar refractivity (Wildman–Crippen MR) is 133 cm³/mol. The molecule has 3 aliphatic rings. The van der Waals surface area contributed by atoms with Gasteiger partial charge in [-0.3, -0.25) is 9.59 Å². The van der Waals surface area contributed by atoms with Gasteiger partial charge in [-0.2, -0.15) is 0 Å². The molecule has 0 saturated heterocycles. The molecular formula is C28H29ClO7. The van der Waals surface area contributed by atoms with E-state index >= 15 is 0 Å². The number of unbranched alkanes of at least 4 members (excludes halogenated alkanes) is 1. The van der Waals surface area contributed by atoms with Gasteiger partial charge in [0.1, 0.15) is 27.7 Å². The summed E-state index contributed by atoms with van der Waals surface area (Å²) in [5, 5.41) is 9.56. The normalized spacial score (nSPS) is 26.5. The van der Waals surface area contributed by atoms with E-state index in [2.05, 4.69) is 0 Å². The Morgan fingerprint density at radius 2 is 1.81 bits per heavy atom. The van der Waals surface area contributed by atoms with Gasteiger partial charge in [0.25, 0.3) is 0 Å². The van der Waals surface area contributed by atoms with Gasteiger partial charge in [-0.15, -0.1) is 0 Å². The van der Waals surface area contributed by atoms with Gasteiger partial charge in [0.2, 0.25) is 11.4 Å². The van der Waals surface area contributed by atoms with Crippen molar-refractivity contribution in [1.82, 2.24) is 0 Å². The Morgan fingerprint density at radius 3 is 2.47 bits per heavy atom. The molecule has 2 heterocycles. The molecule has 0 aromatic heterocycles. The fraction of sp³-hybridized carbons (Fsp3) is 0.429. The zero-order valence-corrected chi connectivity index (χ0v) is 21.3. The third-order valence-electron chi connectivity index (χ3n) is 7.60. The second-order valence-corrected chi connectivity index (χ2v) is 10.00. The number of rotatable bonds is 7. The van der Waals surface area contributed by atoms with Crippen LogP contribution >= 0.6 is 11.6 Å². The molecule has 0 bridgehead atoms. The standard InChI is InChI=1S/C28H29ClO7/c1-16-13-19(31)18-15-27(11-7-8-12-30,17-9-5-4-6-10-17)36-26(18)28(16)25(32)22-20(33-2)14-21(34-3)23(29)24(22)35-28/h4-6,9-10,14,16,30H,7-8,11-13,15H2,1-3H3/t16-,27+,28-/m1/s1. The number of aliphatic hydroxyl groups excluding tert-OH is 1. The van der Waals surface area contributed by atoms with Gasteiger partial charge in [0, 0.05) is 37.0 Å². The Bertz CT molecular complexity index is 1250. The van der Waals surface area contributed by atoms with Crippen LogP contribution in [-0.4, -0.2) is 43.1 Å². The average Bonchev–Trinajstić information content (AvgIpc) is 3.43. The largest absolute Gasteiger partial charge is 0.496 e. The summed E-state index contributed by atoms with van der Waals surface area (Å²) in [4.78, 5) is 27.5. The fourth-order valence-electron chi connectivity index (χ4n) is 5.74. The molecule has 1 aliphatic carbocycles. The van der Waals surface area contributed by atoms with Crippen LogP contribution in [0.25, 0.3) is 0 Å². The Hall–Kier alpha value is -3.03. The summed E-state index contributed by atoms with van der Waals surface area (Å²) in [5.41, 5.74) is -0.782. The smallest absolute Gasteiger partial charge is 0.231 e. The van der Waals surface area contributed by atoms with Crippen molar-refractivity contribution in [2.24, 2.45) is 5.92 Å². The first-order valence-corrected chi connectivity index (χ1v) is 12.5. The van der Waals surface area contributed by atoms with Crippen molar-refractivity contribution in [3.8, 4) is 17.2 Å². The van der Waals surface area contributed by atoms with Crippen LogP contribution in [0.5, 0.6) is 17.2 Å². The van der Waals surface area contributed by atoms with Crippen molar-refractivity contribution in [3.63, 3.8) is 0 Å².